The molecule has 0 saturated carbocycles. The summed E-state index contributed by atoms with van der Waals surface area (Å²) in [4.78, 5) is 0. The molecular weight excluding hydrogens is 232 g/mol. The SMILES string of the molecule is CC(C)CCCCCCNCCC(N)CC(C)(C)C. The van der Waals surface area contributed by atoms with Gasteiger partial charge >= 0.3 is 0 Å². The Morgan fingerprint density at radius 2 is 1.53 bits per heavy atom. The van der Waals surface area contributed by atoms with Gasteiger partial charge in [-0.1, -0.05) is 60.3 Å². The molecule has 0 aliphatic carbocycles. The van der Waals surface area contributed by atoms with E-state index in [1.54, 1.807) is 0 Å². The maximum absolute atomic E-state index is 6.13. The van der Waals surface area contributed by atoms with E-state index in [2.05, 4.69) is 39.9 Å². The summed E-state index contributed by atoms with van der Waals surface area (Å²) in [5, 5.41) is 3.52. The largest absolute Gasteiger partial charge is 0.328 e. The Balaban J connectivity index is 3.23. The van der Waals surface area contributed by atoms with Gasteiger partial charge in [0.15, 0.2) is 0 Å². The molecule has 1 unspecified atom stereocenters. The molecule has 0 bridgehead atoms. The predicted octanol–water partition coefficient (Wildman–Crippen LogP) is 4.34. The van der Waals surface area contributed by atoms with E-state index in [4.69, 9.17) is 5.73 Å². The molecule has 0 heterocycles. The molecule has 19 heavy (non-hydrogen) atoms. The van der Waals surface area contributed by atoms with Gasteiger partial charge in [0, 0.05) is 6.04 Å². The number of unbranched alkanes of at least 4 members (excludes halogenated alkanes) is 3. The molecule has 0 aliphatic heterocycles. The first kappa shape index (κ1) is 18.9. The third kappa shape index (κ3) is 15.9. The molecule has 0 aromatic rings. The summed E-state index contributed by atoms with van der Waals surface area (Å²) >= 11 is 0. The van der Waals surface area contributed by atoms with Gasteiger partial charge in [0.25, 0.3) is 0 Å². The van der Waals surface area contributed by atoms with Gasteiger partial charge in [-0.3, -0.25) is 0 Å². The number of hydrogen-bond donors (Lipinski definition) is 2. The van der Waals surface area contributed by atoms with Crippen LogP contribution in [0.25, 0.3) is 0 Å². The monoisotopic (exact) mass is 270 g/mol. The molecule has 0 amide bonds. The molecule has 0 spiro atoms. The van der Waals surface area contributed by atoms with Crippen molar-refractivity contribution in [1.29, 1.82) is 0 Å². The Labute approximate surface area is 121 Å². The molecule has 3 N–H and O–H groups in total. The van der Waals surface area contributed by atoms with Crippen molar-refractivity contribution >= 4 is 0 Å². The first-order valence-corrected chi connectivity index (χ1v) is 8.27. The number of hydrogen-bond acceptors (Lipinski definition) is 2. The van der Waals surface area contributed by atoms with Gasteiger partial charge in [0.05, 0.1) is 0 Å². The molecule has 2 heteroatoms. The lowest BCUT2D eigenvalue weighted by Gasteiger charge is -2.23. The predicted molar refractivity (Wildman–Crippen MR) is 87.5 cm³/mol. The normalized spacial score (nSPS) is 14.1. The van der Waals surface area contributed by atoms with Crippen LogP contribution in [0.5, 0.6) is 0 Å². The van der Waals surface area contributed by atoms with E-state index in [-0.39, 0.29) is 0 Å². The van der Waals surface area contributed by atoms with Gasteiger partial charge in [-0.05, 0) is 43.7 Å². The number of nitrogens with two attached hydrogens (primary N) is 1. The summed E-state index contributed by atoms with van der Waals surface area (Å²) < 4.78 is 0. The van der Waals surface area contributed by atoms with Crippen LogP contribution in [0.3, 0.4) is 0 Å². The van der Waals surface area contributed by atoms with Gasteiger partial charge in [-0.15, -0.1) is 0 Å². The molecule has 0 fully saturated rings. The van der Waals surface area contributed by atoms with Crippen LogP contribution in [0.4, 0.5) is 0 Å². The summed E-state index contributed by atoms with van der Waals surface area (Å²) in [6.07, 6.45) is 9.07. The van der Waals surface area contributed by atoms with E-state index < -0.39 is 0 Å². The third-order valence-electron chi connectivity index (χ3n) is 3.45. The Morgan fingerprint density at radius 1 is 0.895 bits per heavy atom. The van der Waals surface area contributed by atoms with Crippen LogP contribution in [0.15, 0.2) is 0 Å². The fourth-order valence-electron chi connectivity index (χ4n) is 2.46. The van der Waals surface area contributed by atoms with Crippen LogP contribution in [0.2, 0.25) is 0 Å². The summed E-state index contributed by atoms with van der Waals surface area (Å²) in [7, 11) is 0. The second-order valence-corrected chi connectivity index (χ2v) is 7.66. The highest BCUT2D eigenvalue weighted by Gasteiger charge is 2.14. The van der Waals surface area contributed by atoms with Crippen molar-refractivity contribution in [3.8, 4) is 0 Å². The highest BCUT2D eigenvalue weighted by atomic mass is 14.9. The van der Waals surface area contributed by atoms with Gasteiger partial charge in [-0.2, -0.15) is 0 Å². The summed E-state index contributed by atoms with van der Waals surface area (Å²) in [5.74, 6) is 0.863. The number of rotatable bonds is 11. The summed E-state index contributed by atoms with van der Waals surface area (Å²) in [6.45, 7) is 13.6. The minimum absolute atomic E-state index is 0.346. The second-order valence-electron chi connectivity index (χ2n) is 7.66. The van der Waals surface area contributed by atoms with Crippen LogP contribution in [-0.4, -0.2) is 19.1 Å². The molecule has 0 rings (SSSR count). The Morgan fingerprint density at radius 3 is 2.11 bits per heavy atom. The molecule has 0 aromatic heterocycles. The van der Waals surface area contributed by atoms with Crippen LogP contribution < -0.4 is 11.1 Å². The van der Waals surface area contributed by atoms with E-state index in [1.807, 2.05) is 0 Å². The lowest BCUT2D eigenvalue weighted by Crippen LogP contribution is -2.30. The molecule has 116 valence electrons. The van der Waals surface area contributed by atoms with Crippen LogP contribution >= 0.6 is 0 Å². The van der Waals surface area contributed by atoms with Crippen LogP contribution in [0.1, 0.15) is 79.6 Å². The zero-order chi connectivity index (χ0) is 14.7. The maximum Gasteiger partial charge on any atom is 0.00558 e. The Kier molecular flexibility index (Phi) is 10.6. The van der Waals surface area contributed by atoms with Gasteiger partial charge in [0.2, 0.25) is 0 Å². The van der Waals surface area contributed by atoms with Crippen LogP contribution in [-0.2, 0) is 0 Å². The van der Waals surface area contributed by atoms with E-state index >= 15 is 0 Å². The van der Waals surface area contributed by atoms with Crippen molar-refractivity contribution in [3.63, 3.8) is 0 Å². The molecule has 0 aliphatic rings. The average Bonchev–Trinajstić information content (AvgIpc) is 2.24. The topological polar surface area (TPSA) is 38.0 Å². The maximum atomic E-state index is 6.13. The van der Waals surface area contributed by atoms with Crippen molar-refractivity contribution in [2.45, 2.75) is 85.6 Å². The molecule has 2 nitrogen and oxygen atoms in total. The molecule has 0 aromatic carbocycles. The number of nitrogens with one attached hydrogen (secondary N) is 1. The van der Waals surface area contributed by atoms with Gasteiger partial charge < -0.3 is 11.1 Å². The first-order chi connectivity index (χ1) is 8.81. The molecule has 0 radical (unpaired) electrons. The summed E-state index contributed by atoms with van der Waals surface area (Å²) in [6, 6.07) is 0.346. The zero-order valence-corrected chi connectivity index (χ0v) is 14.1. The molecule has 1 atom stereocenters. The standard InChI is InChI=1S/C17H38N2/c1-15(2)10-8-6-7-9-12-19-13-11-16(18)14-17(3,4)5/h15-16,19H,6-14,18H2,1-5H3. The van der Waals surface area contributed by atoms with Crippen molar-refractivity contribution in [2.24, 2.45) is 17.1 Å². The zero-order valence-electron chi connectivity index (χ0n) is 14.1. The fourth-order valence-corrected chi connectivity index (χ4v) is 2.46. The fraction of sp³-hybridized carbons (Fsp3) is 1.00. The van der Waals surface area contributed by atoms with E-state index in [0.717, 1.165) is 31.8 Å². The minimum atomic E-state index is 0.346. The van der Waals surface area contributed by atoms with E-state index in [9.17, 15) is 0 Å². The second kappa shape index (κ2) is 10.7. The van der Waals surface area contributed by atoms with Gasteiger partial charge in [0.1, 0.15) is 0 Å². The molecule has 0 saturated heterocycles. The molecular formula is C17H38N2. The van der Waals surface area contributed by atoms with E-state index in [1.165, 1.54) is 32.1 Å². The Bertz CT molecular complexity index is 194. The lowest BCUT2D eigenvalue weighted by atomic mass is 9.87. The average molecular weight is 271 g/mol. The van der Waals surface area contributed by atoms with Crippen LogP contribution in [0, 0.1) is 11.3 Å². The van der Waals surface area contributed by atoms with Crippen molar-refractivity contribution in [1.82, 2.24) is 5.32 Å². The quantitative estimate of drug-likeness (QED) is 0.548. The van der Waals surface area contributed by atoms with Gasteiger partial charge in [-0.25, -0.2) is 0 Å². The highest BCUT2D eigenvalue weighted by molar-refractivity contribution is 4.72. The Hall–Kier alpha value is -0.0800. The third-order valence-corrected chi connectivity index (χ3v) is 3.45. The summed E-state index contributed by atoms with van der Waals surface area (Å²) in [5.41, 5.74) is 6.49. The van der Waals surface area contributed by atoms with E-state index in [0.29, 0.717) is 11.5 Å². The van der Waals surface area contributed by atoms with Crippen molar-refractivity contribution in [3.05, 3.63) is 0 Å². The first-order valence-electron chi connectivity index (χ1n) is 8.27. The van der Waals surface area contributed by atoms with Crippen molar-refractivity contribution < 1.29 is 0 Å². The highest BCUT2D eigenvalue weighted by Crippen LogP contribution is 2.20. The minimum Gasteiger partial charge on any atom is -0.328 e. The lowest BCUT2D eigenvalue weighted by molar-refractivity contribution is 0.329. The smallest absolute Gasteiger partial charge is 0.00558 e. The van der Waals surface area contributed by atoms with Crippen molar-refractivity contribution in [2.75, 3.05) is 13.1 Å².